The number of rotatable bonds is 4. The van der Waals surface area contributed by atoms with Crippen LogP contribution in [0.5, 0.6) is 0 Å². The summed E-state index contributed by atoms with van der Waals surface area (Å²) in [6.45, 7) is 12.8. The van der Waals surface area contributed by atoms with Crippen LogP contribution < -0.4 is 5.32 Å². The van der Waals surface area contributed by atoms with Crippen LogP contribution in [-0.2, 0) is 4.79 Å². The first-order chi connectivity index (χ1) is 8.75. The van der Waals surface area contributed by atoms with Crippen LogP contribution in [0.2, 0.25) is 0 Å². The number of carbonyl (C=O) groups is 1. The lowest BCUT2D eigenvalue weighted by molar-refractivity contribution is -0.142. The number of hydrogen-bond acceptors (Lipinski definition) is 3. The van der Waals surface area contributed by atoms with E-state index in [4.69, 9.17) is 5.11 Å². The number of likely N-dealkylation sites (tertiary alicyclic amines) is 1. The van der Waals surface area contributed by atoms with E-state index >= 15 is 0 Å². The topological polar surface area (TPSA) is 52.6 Å². The highest BCUT2D eigenvalue weighted by atomic mass is 16.3. The minimum absolute atomic E-state index is 0.149. The molecule has 0 saturated carbocycles. The average molecular weight is 270 g/mol. The van der Waals surface area contributed by atoms with Crippen molar-refractivity contribution in [2.75, 3.05) is 26.2 Å². The van der Waals surface area contributed by atoms with Crippen LogP contribution in [-0.4, -0.2) is 48.2 Å². The third-order valence-electron chi connectivity index (χ3n) is 3.90. The summed E-state index contributed by atoms with van der Waals surface area (Å²) in [6, 6.07) is 0.305. The molecule has 2 unspecified atom stereocenters. The normalized spacial score (nSPS) is 24.9. The molecule has 1 aliphatic heterocycles. The van der Waals surface area contributed by atoms with Gasteiger partial charge in [0, 0.05) is 31.1 Å². The van der Waals surface area contributed by atoms with E-state index in [1.54, 1.807) is 0 Å². The zero-order valence-corrected chi connectivity index (χ0v) is 13.1. The van der Waals surface area contributed by atoms with E-state index < -0.39 is 0 Å². The summed E-state index contributed by atoms with van der Waals surface area (Å²) in [5.41, 5.74) is -0.319. The summed E-state index contributed by atoms with van der Waals surface area (Å²) < 4.78 is 0. The van der Waals surface area contributed by atoms with Gasteiger partial charge in [0.2, 0.25) is 5.91 Å². The van der Waals surface area contributed by atoms with Crippen molar-refractivity contribution < 1.29 is 9.90 Å². The van der Waals surface area contributed by atoms with Crippen LogP contribution in [0, 0.1) is 17.3 Å². The Hall–Kier alpha value is -0.610. The van der Waals surface area contributed by atoms with Gasteiger partial charge >= 0.3 is 0 Å². The molecule has 0 aliphatic carbocycles. The first-order valence-electron chi connectivity index (χ1n) is 7.39. The smallest absolute Gasteiger partial charge is 0.228 e. The second-order valence-electron chi connectivity index (χ2n) is 7.07. The lowest BCUT2D eigenvalue weighted by atomic mass is 9.84. The molecule has 0 aromatic heterocycles. The Bertz CT molecular complexity index is 297. The number of nitrogens with one attached hydrogen (secondary N) is 1. The maximum absolute atomic E-state index is 12.5. The molecule has 0 aromatic rings. The van der Waals surface area contributed by atoms with E-state index in [-0.39, 0.29) is 17.9 Å². The minimum atomic E-state index is -0.319. The fourth-order valence-corrected chi connectivity index (χ4v) is 2.68. The van der Waals surface area contributed by atoms with Gasteiger partial charge in [0.25, 0.3) is 0 Å². The molecule has 0 spiro atoms. The van der Waals surface area contributed by atoms with Crippen LogP contribution in [0.25, 0.3) is 0 Å². The summed E-state index contributed by atoms with van der Waals surface area (Å²) in [5, 5.41) is 12.3. The molecule has 19 heavy (non-hydrogen) atoms. The molecule has 1 amide bonds. The highest BCUT2D eigenvalue weighted by molar-refractivity contribution is 5.81. The highest BCUT2D eigenvalue weighted by Crippen LogP contribution is 2.27. The van der Waals surface area contributed by atoms with Gasteiger partial charge in [-0.3, -0.25) is 4.79 Å². The summed E-state index contributed by atoms with van der Waals surface area (Å²) in [6.07, 6.45) is 1.09. The molecule has 0 aromatic carbocycles. The van der Waals surface area contributed by atoms with Crippen molar-refractivity contribution in [3.8, 4) is 0 Å². The molecule has 2 N–H and O–H groups in total. The molecule has 4 heteroatoms. The minimum Gasteiger partial charge on any atom is -0.395 e. The van der Waals surface area contributed by atoms with E-state index in [1.165, 1.54) is 0 Å². The SMILES string of the molecule is CC(C)C1CC(NCCO)CN(C(=O)C(C)(C)C)C1. The van der Waals surface area contributed by atoms with Gasteiger partial charge in [-0.15, -0.1) is 0 Å². The van der Waals surface area contributed by atoms with Gasteiger partial charge in [-0.25, -0.2) is 0 Å². The summed E-state index contributed by atoms with van der Waals surface area (Å²) >= 11 is 0. The fraction of sp³-hybridized carbons (Fsp3) is 0.933. The van der Waals surface area contributed by atoms with Gasteiger partial charge in [-0.2, -0.15) is 0 Å². The standard InChI is InChI=1S/C15H30N2O2/c1-11(2)12-8-13(16-6-7-18)10-17(9-12)14(19)15(3,4)5/h11-13,16,18H,6-10H2,1-5H3. The fourth-order valence-electron chi connectivity index (χ4n) is 2.68. The zero-order valence-electron chi connectivity index (χ0n) is 13.1. The molecule has 1 heterocycles. The predicted octanol–water partition coefficient (Wildman–Crippen LogP) is 1.49. The molecule has 2 atom stereocenters. The number of aliphatic hydroxyl groups is 1. The number of aliphatic hydroxyl groups excluding tert-OH is 1. The van der Waals surface area contributed by atoms with Crippen molar-refractivity contribution in [3.05, 3.63) is 0 Å². The number of nitrogens with zero attached hydrogens (tertiary/aromatic N) is 1. The van der Waals surface area contributed by atoms with Crippen LogP contribution in [0.3, 0.4) is 0 Å². The van der Waals surface area contributed by atoms with Crippen molar-refractivity contribution in [1.82, 2.24) is 10.2 Å². The molecular formula is C15H30N2O2. The second-order valence-corrected chi connectivity index (χ2v) is 7.07. The number of carbonyl (C=O) groups excluding carboxylic acids is 1. The molecule has 1 saturated heterocycles. The number of hydrogen-bond donors (Lipinski definition) is 2. The Kier molecular flexibility index (Phi) is 5.81. The Balaban J connectivity index is 2.72. The molecule has 1 rings (SSSR count). The Morgan fingerprint density at radius 1 is 1.37 bits per heavy atom. The molecule has 1 aliphatic rings. The van der Waals surface area contributed by atoms with Gasteiger partial charge in [-0.1, -0.05) is 34.6 Å². The van der Waals surface area contributed by atoms with Gasteiger partial charge in [0.1, 0.15) is 0 Å². The third kappa shape index (κ3) is 4.77. The monoisotopic (exact) mass is 270 g/mol. The molecular weight excluding hydrogens is 240 g/mol. The molecule has 112 valence electrons. The van der Waals surface area contributed by atoms with Crippen molar-refractivity contribution in [2.24, 2.45) is 17.3 Å². The van der Waals surface area contributed by atoms with Crippen molar-refractivity contribution in [1.29, 1.82) is 0 Å². The Morgan fingerprint density at radius 3 is 2.47 bits per heavy atom. The second kappa shape index (κ2) is 6.71. The first kappa shape index (κ1) is 16.4. The summed E-state index contributed by atoms with van der Waals surface area (Å²) in [5.74, 6) is 1.35. The van der Waals surface area contributed by atoms with Gasteiger partial charge in [-0.05, 0) is 18.3 Å². The van der Waals surface area contributed by atoms with Crippen LogP contribution >= 0.6 is 0 Å². The van der Waals surface area contributed by atoms with Gasteiger partial charge < -0.3 is 15.3 Å². The van der Waals surface area contributed by atoms with E-state index in [2.05, 4.69) is 19.2 Å². The lowest BCUT2D eigenvalue weighted by Crippen LogP contribution is -2.54. The highest BCUT2D eigenvalue weighted by Gasteiger charge is 2.35. The molecule has 1 fully saturated rings. The van der Waals surface area contributed by atoms with Gasteiger partial charge in [0.05, 0.1) is 6.61 Å². The molecule has 0 bridgehead atoms. The quantitative estimate of drug-likeness (QED) is 0.814. The molecule has 4 nitrogen and oxygen atoms in total. The lowest BCUT2D eigenvalue weighted by Gasteiger charge is -2.42. The first-order valence-corrected chi connectivity index (χ1v) is 7.39. The van der Waals surface area contributed by atoms with E-state index in [0.717, 1.165) is 19.5 Å². The van der Waals surface area contributed by atoms with Crippen molar-refractivity contribution >= 4 is 5.91 Å². The summed E-state index contributed by atoms with van der Waals surface area (Å²) in [4.78, 5) is 14.5. The van der Waals surface area contributed by atoms with Crippen molar-refractivity contribution in [3.63, 3.8) is 0 Å². The largest absolute Gasteiger partial charge is 0.395 e. The average Bonchev–Trinajstić information content (AvgIpc) is 2.33. The predicted molar refractivity (Wildman–Crippen MR) is 77.9 cm³/mol. The molecule has 0 radical (unpaired) electrons. The van der Waals surface area contributed by atoms with E-state index in [1.807, 2.05) is 25.7 Å². The Morgan fingerprint density at radius 2 is 2.00 bits per heavy atom. The number of amides is 1. The van der Waals surface area contributed by atoms with E-state index in [0.29, 0.717) is 24.4 Å². The van der Waals surface area contributed by atoms with Crippen molar-refractivity contribution in [2.45, 2.75) is 47.1 Å². The van der Waals surface area contributed by atoms with Crippen LogP contribution in [0.15, 0.2) is 0 Å². The van der Waals surface area contributed by atoms with Crippen LogP contribution in [0.1, 0.15) is 41.0 Å². The number of piperidine rings is 1. The third-order valence-corrected chi connectivity index (χ3v) is 3.90. The zero-order chi connectivity index (χ0) is 14.6. The van der Waals surface area contributed by atoms with E-state index in [9.17, 15) is 4.79 Å². The Labute approximate surface area is 117 Å². The van der Waals surface area contributed by atoms with Crippen LogP contribution in [0.4, 0.5) is 0 Å². The van der Waals surface area contributed by atoms with Gasteiger partial charge in [0.15, 0.2) is 0 Å². The summed E-state index contributed by atoms with van der Waals surface area (Å²) in [7, 11) is 0. The maximum atomic E-state index is 12.5. The maximum Gasteiger partial charge on any atom is 0.228 e.